The van der Waals surface area contributed by atoms with Crippen LogP contribution in [0.3, 0.4) is 0 Å². The number of amides is 1. The standard InChI is InChI=1S/C24H28Cl2N6O2/c1-4-22(33)31-10-9-30(18-5-6-19(25)20(12-18)34-3)14-21(31)32-15(2)23(26)24(29-32)16-7-8-28-17(11-16)13-27/h5-8,11-12,21H,4,9-10,13-14,27H2,1-3H3. The van der Waals surface area contributed by atoms with Crippen molar-refractivity contribution in [3.8, 4) is 17.0 Å². The predicted molar refractivity (Wildman–Crippen MR) is 134 cm³/mol. The Morgan fingerprint density at radius 1 is 1.24 bits per heavy atom. The van der Waals surface area contributed by atoms with Crippen molar-refractivity contribution >= 4 is 34.8 Å². The summed E-state index contributed by atoms with van der Waals surface area (Å²) in [5.41, 5.74) is 9.76. The summed E-state index contributed by atoms with van der Waals surface area (Å²) in [5.74, 6) is 0.678. The van der Waals surface area contributed by atoms with E-state index >= 15 is 0 Å². The van der Waals surface area contributed by atoms with Crippen molar-refractivity contribution in [2.45, 2.75) is 33.0 Å². The predicted octanol–water partition coefficient (Wildman–Crippen LogP) is 4.29. The van der Waals surface area contributed by atoms with Gasteiger partial charge in [-0.05, 0) is 31.2 Å². The summed E-state index contributed by atoms with van der Waals surface area (Å²) in [6.07, 6.45) is 1.78. The van der Waals surface area contributed by atoms with Crippen LogP contribution >= 0.6 is 23.2 Å². The summed E-state index contributed by atoms with van der Waals surface area (Å²) < 4.78 is 7.25. The Labute approximate surface area is 209 Å². The molecule has 0 radical (unpaired) electrons. The molecule has 1 fully saturated rings. The van der Waals surface area contributed by atoms with Gasteiger partial charge < -0.3 is 20.3 Å². The Bertz CT molecular complexity index is 1200. The van der Waals surface area contributed by atoms with Gasteiger partial charge in [-0.25, -0.2) is 4.68 Å². The van der Waals surface area contributed by atoms with Gasteiger partial charge in [0, 0.05) is 49.6 Å². The molecule has 180 valence electrons. The van der Waals surface area contributed by atoms with Crippen molar-refractivity contribution in [1.29, 1.82) is 0 Å². The van der Waals surface area contributed by atoms with Gasteiger partial charge in [0.25, 0.3) is 0 Å². The minimum absolute atomic E-state index is 0.0697. The molecule has 8 nitrogen and oxygen atoms in total. The number of halogens is 2. The molecule has 2 aromatic heterocycles. The van der Waals surface area contributed by atoms with Gasteiger partial charge in [-0.1, -0.05) is 30.1 Å². The summed E-state index contributed by atoms with van der Waals surface area (Å²) in [5, 5.41) is 5.97. The van der Waals surface area contributed by atoms with Gasteiger partial charge in [0.1, 0.15) is 17.6 Å². The SMILES string of the molecule is CCC(=O)N1CCN(c2ccc(Cl)c(OC)c2)CC1n1nc(-c2ccnc(CN)c2)c(Cl)c1C. The zero-order valence-corrected chi connectivity index (χ0v) is 21.0. The Kier molecular flexibility index (Phi) is 7.30. The highest BCUT2D eigenvalue weighted by molar-refractivity contribution is 6.33. The summed E-state index contributed by atoms with van der Waals surface area (Å²) in [6.45, 7) is 5.89. The van der Waals surface area contributed by atoms with E-state index in [4.69, 9.17) is 38.8 Å². The van der Waals surface area contributed by atoms with Crippen LogP contribution in [0.15, 0.2) is 36.5 Å². The van der Waals surface area contributed by atoms with Crippen LogP contribution in [0, 0.1) is 6.92 Å². The van der Waals surface area contributed by atoms with E-state index in [2.05, 4.69) is 9.88 Å². The smallest absolute Gasteiger partial charge is 0.224 e. The van der Waals surface area contributed by atoms with Crippen LogP contribution in [0.4, 0.5) is 5.69 Å². The molecule has 1 unspecified atom stereocenters. The van der Waals surface area contributed by atoms with Crippen LogP contribution in [-0.2, 0) is 11.3 Å². The quantitative estimate of drug-likeness (QED) is 0.540. The second kappa shape index (κ2) is 10.2. The number of rotatable bonds is 6. The van der Waals surface area contributed by atoms with Crippen molar-refractivity contribution in [3.63, 3.8) is 0 Å². The molecule has 1 aromatic carbocycles. The van der Waals surface area contributed by atoms with Gasteiger partial charge >= 0.3 is 0 Å². The number of carbonyl (C=O) groups excluding carboxylic acids is 1. The first kappa shape index (κ1) is 24.3. The molecule has 34 heavy (non-hydrogen) atoms. The first-order chi connectivity index (χ1) is 16.4. The van der Waals surface area contributed by atoms with Crippen molar-refractivity contribution in [3.05, 3.63) is 58.0 Å². The maximum Gasteiger partial charge on any atom is 0.224 e. The molecule has 1 aliphatic rings. The lowest BCUT2D eigenvalue weighted by Gasteiger charge is -2.42. The van der Waals surface area contributed by atoms with Crippen molar-refractivity contribution < 1.29 is 9.53 Å². The Balaban J connectivity index is 1.73. The van der Waals surface area contributed by atoms with E-state index < -0.39 is 0 Å². The second-order valence-corrected chi connectivity index (χ2v) is 8.90. The maximum absolute atomic E-state index is 12.9. The van der Waals surface area contributed by atoms with E-state index in [1.54, 1.807) is 13.3 Å². The maximum atomic E-state index is 12.9. The average molecular weight is 503 g/mol. The van der Waals surface area contributed by atoms with Crippen molar-refractivity contribution in [2.24, 2.45) is 5.73 Å². The largest absolute Gasteiger partial charge is 0.495 e. The first-order valence-electron chi connectivity index (χ1n) is 11.2. The molecule has 3 aromatic rings. The van der Waals surface area contributed by atoms with Gasteiger partial charge in [0.2, 0.25) is 5.91 Å². The third-order valence-corrected chi connectivity index (χ3v) is 6.90. The van der Waals surface area contributed by atoms with E-state index in [1.807, 2.05) is 53.8 Å². The fourth-order valence-corrected chi connectivity index (χ4v) is 4.69. The Morgan fingerprint density at radius 2 is 2.03 bits per heavy atom. The molecule has 10 heteroatoms. The number of hydrogen-bond acceptors (Lipinski definition) is 6. The van der Waals surface area contributed by atoms with Crippen LogP contribution in [-0.4, -0.2) is 52.3 Å². The van der Waals surface area contributed by atoms with Crippen LogP contribution in [0.5, 0.6) is 5.75 Å². The number of hydrogen-bond donors (Lipinski definition) is 1. The number of carbonyl (C=O) groups is 1. The minimum atomic E-state index is -0.329. The van der Waals surface area contributed by atoms with E-state index in [0.29, 0.717) is 54.1 Å². The van der Waals surface area contributed by atoms with E-state index in [0.717, 1.165) is 22.6 Å². The van der Waals surface area contributed by atoms with Crippen molar-refractivity contribution in [1.82, 2.24) is 19.7 Å². The first-order valence-corrected chi connectivity index (χ1v) is 11.9. The molecule has 0 saturated carbocycles. The number of aromatic nitrogens is 3. The Hall–Kier alpha value is -2.81. The number of nitrogens with zero attached hydrogens (tertiary/aromatic N) is 5. The zero-order valence-electron chi connectivity index (χ0n) is 19.5. The van der Waals surface area contributed by atoms with Crippen LogP contribution in [0.25, 0.3) is 11.3 Å². The third-order valence-electron chi connectivity index (χ3n) is 6.14. The summed E-state index contributed by atoms with van der Waals surface area (Å²) in [7, 11) is 1.59. The number of methoxy groups -OCH3 is 1. The fourth-order valence-electron chi connectivity index (χ4n) is 4.26. The van der Waals surface area contributed by atoms with Crippen LogP contribution in [0.2, 0.25) is 10.0 Å². The number of benzene rings is 1. The molecule has 1 saturated heterocycles. The molecule has 1 atom stereocenters. The number of anilines is 1. The minimum Gasteiger partial charge on any atom is -0.495 e. The lowest BCUT2D eigenvalue weighted by molar-refractivity contribution is -0.136. The number of ether oxygens (including phenoxy) is 1. The second-order valence-electron chi connectivity index (χ2n) is 8.12. The number of piperazine rings is 1. The Morgan fingerprint density at radius 3 is 2.74 bits per heavy atom. The highest BCUT2D eigenvalue weighted by Crippen LogP contribution is 2.35. The average Bonchev–Trinajstić information content (AvgIpc) is 3.17. The highest BCUT2D eigenvalue weighted by Gasteiger charge is 2.34. The van der Waals surface area contributed by atoms with Crippen molar-refractivity contribution in [2.75, 3.05) is 31.6 Å². The molecule has 3 heterocycles. The number of pyridine rings is 1. The van der Waals surface area contributed by atoms with E-state index in [9.17, 15) is 4.79 Å². The normalized spacial score (nSPS) is 16.1. The topological polar surface area (TPSA) is 89.5 Å². The molecule has 0 bridgehead atoms. The molecular formula is C24H28Cl2N6O2. The summed E-state index contributed by atoms with van der Waals surface area (Å²) in [6, 6.07) is 9.44. The van der Waals surface area contributed by atoms with Gasteiger partial charge in [-0.15, -0.1) is 0 Å². The lowest BCUT2D eigenvalue weighted by atomic mass is 10.1. The third kappa shape index (κ3) is 4.58. The summed E-state index contributed by atoms with van der Waals surface area (Å²) in [4.78, 5) is 21.2. The molecule has 0 aliphatic carbocycles. The van der Waals surface area contributed by atoms with Gasteiger partial charge in [0.15, 0.2) is 0 Å². The molecule has 1 amide bonds. The monoisotopic (exact) mass is 502 g/mol. The number of nitrogens with two attached hydrogens (primary N) is 1. The van der Waals surface area contributed by atoms with Crippen LogP contribution < -0.4 is 15.4 Å². The molecular weight excluding hydrogens is 475 g/mol. The highest BCUT2D eigenvalue weighted by atomic mass is 35.5. The van der Waals surface area contributed by atoms with E-state index in [1.165, 1.54) is 0 Å². The fraction of sp³-hybridized carbons (Fsp3) is 0.375. The van der Waals surface area contributed by atoms with Gasteiger partial charge in [-0.2, -0.15) is 5.10 Å². The lowest BCUT2D eigenvalue weighted by Crippen LogP contribution is -2.53. The van der Waals surface area contributed by atoms with E-state index in [-0.39, 0.29) is 12.1 Å². The van der Waals surface area contributed by atoms with Gasteiger partial charge in [-0.3, -0.25) is 9.78 Å². The molecule has 4 rings (SSSR count). The molecule has 1 aliphatic heterocycles. The summed E-state index contributed by atoms with van der Waals surface area (Å²) >= 11 is 13.0. The zero-order chi connectivity index (χ0) is 24.4. The molecule has 2 N–H and O–H groups in total. The van der Waals surface area contributed by atoms with Crippen LogP contribution in [0.1, 0.15) is 30.9 Å². The van der Waals surface area contributed by atoms with Gasteiger partial charge in [0.05, 0.1) is 35.1 Å². The molecule has 0 spiro atoms.